The maximum absolute atomic E-state index is 10.9. The Morgan fingerprint density at radius 2 is 2.11 bits per heavy atom. The number of rotatable bonds is 2. The molecule has 0 unspecified atom stereocenters. The molecule has 0 aliphatic carbocycles. The van der Waals surface area contributed by atoms with Crippen LogP contribution in [-0.2, 0) is 0 Å². The molecule has 94 valence electrons. The van der Waals surface area contributed by atoms with Crippen LogP contribution in [0.5, 0.6) is 0 Å². The smallest absolute Gasteiger partial charge is 0.337 e. The van der Waals surface area contributed by atoms with Crippen molar-refractivity contribution in [1.29, 1.82) is 0 Å². The first-order chi connectivity index (χ1) is 8.41. The lowest BCUT2D eigenvalue weighted by Crippen LogP contribution is -2.02. The predicted molar refractivity (Wildman–Crippen MR) is 72.7 cm³/mol. The fourth-order valence-electron chi connectivity index (χ4n) is 1.68. The first kappa shape index (κ1) is 13.1. The number of aromatic carboxylic acids is 1. The highest BCUT2D eigenvalue weighted by molar-refractivity contribution is 9.10. The number of carboxylic acid groups (broad SMARTS) is 1. The average Bonchev–Trinajstić information content (AvgIpc) is 2.56. The Labute approximate surface area is 117 Å². The molecule has 0 spiro atoms. The summed E-state index contributed by atoms with van der Waals surface area (Å²) in [7, 11) is 0. The summed E-state index contributed by atoms with van der Waals surface area (Å²) in [6.45, 7) is 3.81. The van der Waals surface area contributed by atoms with Crippen LogP contribution in [0.25, 0.3) is 5.69 Å². The summed E-state index contributed by atoms with van der Waals surface area (Å²) in [6, 6.07) is 4.75. The molecule has 0 fully saturated rings. The van der Waals surface area contributed by atoms with Crippen molar-refractivity contribution in [3.8, 4) is 5.69 Å². The van der Waals surface area contributed by atoms with E-state index in [9.17, 15) is 4.79 Å². The zero-order valence-electron chi connectivity index (χ0n) is 9.74. The van der Waals surface area contributed by atoms with Crippen LogP contribution in [0.15, 0.2) is 22.7 Å². The van der Waals surface area contributed by atoms with E-state index in [2.05, 4.69) is 21.0 Å². The molecule has 2 rings (SSSR count). The molecular formula is C12H10BrClN2O2. The van der Waals surface area contributed by atoms with Crippen LogP contribution in [0.3, 0.4) is 0 Å². The first-order valence-electron chi connectivity index (χ1n) is 5.16. The van der Waals surface area contributed by atoms with E-state index < -0.39 is 5.97 Å². The van der Waals surface area contributed by atoms with E-state index in [0.717, 1.165) is 21.5 Å². The molecule has 18 heavy (non-hydrogen) atoms. The summed E-state index contributed by atoms with van der Waals surface area (Å²) in [4.78, 5) is 10.9. The number of halogens is 2. The van der Waals surface area contributed by atoms with Crippen molar-refractivity contribution in [2.45, 2.75) is 13.8 Å². The van der Waals surface area contributed by atoms with Gasteiger partial charge in [0.2, 0.25) is 0 Å². The zero-order valence-corrected chi connectivity index (χ0v) is 12.1. The largest absolute Gasteiger partial charge is 0.478 e. The standard InChI is InChI=1S/C12H10BrClN2O2/c1-6-11(13)7(2)16(15-6)8-3-4-9(12(17)18)10(14)5-8/h3-5H,1-2H3,(H,17,18). The molecule has 0 amide bonds. The van der Waals surface area contributed by atoms with E-state index in [1.807, 2.05) is 13.8 Å². The number of hydrogen-bond donors (Lipinski definition) is 1. The van der Waals surface area contributed by atoms with Gasteiger partial charge < -0.3 is 5.11 Å². The summed E-state index contributed by atoms with van der Waals surface area (Å²) < 4.78 is 2.65. The third-order valence-electron chi connectivity index (χ3n) is 2.63. The second kappa shape index (κ2) is 4.74. The molecule has 1 aromatic carbocycles. The molecule has 1 N–H and O–H groups in total. The number of aromatic nitrogens is 2. The molecule has 0 aliphatic heterocycles. The van der Waals surface area contributed by atoms with E-state index in [1.54, 1.807) is 16.8 Å². The third-order valence-corrected chi connectivity index (χ3v) is 4.09. The minimum Gasteiger partial charge on any atom is -0.478 e. The predicted octanol–water partition coefficient (Wildman–Crippen LogP) is 3.60. The Hall–Kier alpha value is -1.33. The van der Waals surface area contributed by atoms with Gasteiger partial charge in [0.25, 0.3) is 0 Å². The quantitative estimate of drug-likeness (QED) is 0.916. The van der Waals surface area contributed by atoms with Gasteiger partial charge in [0.15, 0.2) is 0 Å². The van der Waals surface area contributed by atoms with E-state index in [1.165, 1.54) is 6.07 Å². The van der Waals surface area contributed by atoms with E-state index in [4.69, 9.17) is 16.7 Å². The monoisotopic (exact) mass is 328 g/mol. The summed E-state index contributed by atoms with van der Waals surface area (Å²) in [6.07, 6.45) is 0. The minimum atomic E-state index is -1.04. The van der Waals surface area contributed by atoms with Gasteiger partial charge in [0.1, 0.15) is 0 Å². The van der Waals surface area contributed by atoms with Gasteiger partial charge in [-0.1, -0.05) is 11.6 Å². The summed E-state index contributed by atoms with van der Waals surface area (Å²) in [5.74, 6) is -1.04. The highest BCUT2D eigenvalue weighted by atomic mass is 79.9. The van der Waals surface area contributed by atoms with Crippen LogP contribution in [0.1, 0.15) is 21.7 Å². The topological polar surface area (TPSA) is 55.1 Å². The highest BCUT2D eigenvalue weighted by Gasteiger charge is 2.13. The number of carbonyl (C=O) groups is 1. The van der Waals surface area contributed by atoms with Gasteiger partial charge in [-0.15, -0.1) is 0 Å². The molecule has 2 aromatic rings. The van der Waals surface area contributed by atoms with Gasteiger partial charge in [-0.25, -0.2) is 9.48 Å². The van der Waals surface area contributed by atoms with Crippen molar-refractivity contribution >= 4 is 33.5 Å². The molecule has 0 aliphatic rings. The number of nitrogens with zero attached hydrogens (tertiary/aromatic N) is 2. The lowest BCUT2D eigenvalue weighted by Gasteiger charge is -2.06. The maximum Gasteiger partial charge on any atom is 0.337 e. The van der Waals surface area contributed by atoms with Crippen LogP contribution < -0.4 is 0 Å². The summed E-state index contributed by atoms with van der Waals surface area (Å²) in [5.41, 5.74) is 2.62. The highest BCUT2D eigenvalue weighted by Crippen LogP contribution is 2.25. The fourth-order valence-corrected chi connectivity index (χ4v) is 2.19. The van der Waals surface area contributed by atoms with E-state index >= 15 is 0 Å². The average molecular weight is 330 g/mol. The Morgan fingerprint density at radius 1 is 1.44 bits per heavy atom. The lowest BCUT2D eigenvalue weighted by atomic mass is 10.2. The van der Waals surface area contributed by atoms with Gasteiger partial charge in [0, 0.05) is 0 Å². The molecule has 0 radical (unpaired) electrons. The Morgan fingerprint density at radius 3 is 2.56 bits per heavy atom. The van der Waals surface area contributed by atoms with Crippen molar-refractivity contribution in [2.24, 2.45) is 0 Å². The Balaban J connectivity index is 2.55. The van der Waals surface area contributed by atoms with Crippen molar-refractivity contribution in [2.75, 3.05) is 0 Å². The van der Waals surface area contributed by atoms with Crippen molar-refractivity contribution < 1.29 is 9.90 Å². The first-order valence-corrected chi connectivity index (χ1v) is 6.34. The number of carboxylic acids is 1. The molecule has 6 heteroatoms. The van der Waals surface area contributed by atoms with Crippen LogP contribution in [0.2, 0.25) is 5.02 Å². The second-order valence-corrected chi connectivity index (χ2v) is 5.07. The third kappa shape index (κ3) is 2.15. The number of aryl methyl sites for hydroxylation is 1. The second-order valence-electron chi connectivity index (χ2n) is 3.87. The lowest BCUT2D eigenvalue weighted by molar-refractivity contribution is 0.0697. The zero-order chi connectivity index (χ0) is 13.4. The van der Waals surface area contributed by atoms with Gasteiger partial charge >= 0.3 is 5.97 Å². The van der Waals surface area contributed by atoms with Crippen molar-refractivity contribution in [3.63, 3.8) is 0 Å². The summed E-state index contributed by atoms with van der Waals surface area (Å²) in [5, 5.41) is 13.5. The van der Waals surface area contributed by atoms with Crippen LogP contribution in [0, 0.1) is 13.8 Å². The van der Waals surface area contributed by atoms with E-state index in [0.29, 0.717) is 0 Å². The van der Waals surface area contributed by atoms with Crippen molar-refractivity contribution in [1.82, 2.24) is 9.78 Å². The Bertz CT molecular complexity index is 637. The fraction of sp³-hybridized carbons (Fsp3) is 0.167. The van der Waals surface area contributed by atoms with Crippen LogP contribution in [0.4, 0.5) is 0 Å². The molecular weight excluding hydrogens is 320 g/mol. The van der Waals surface area contributed by atoms with Crippen LogP contribution in [-0.4, -0.2) is 20.9 Å². The Kier molecular flexibility index (Phi) is 3.45. The van der Waals surface area contributed by atoms with Gasteiger partial charge in [0.05, 0.1) is 32.1 Å². The number of hydrogen-bond acceptors (Lipinski definition) is 2. The molecule has 0 atom stereocenters. The maximum atomic E-state index is 10.9. The van der Waals surface area contributed by atoms with Crippen LogP contribution >= 0.6 is 27.5 Å². The molecule has 0 bridgehead atoms. The SMILES string of the molecule is Cc1nn(-c2ccc(C(=O)O)c(Cl)c2)c(C)c1Br. The molecule has 0 saturated heterocycles. The van der Waals surface area contributed by atoms with Crippen molar-refractivity contribution in [3.05, 3.63) is 44.6 Å². The van der Waals surface area contributed by atoms with E-state index in [-0.39, 0.29) is 10.6 Å². The van der Waals surface area contributed by atoms with Gasteiger partial charge in [-0.3, -0.25) is 0 Å². The minimum absolute atomic E-state index is 0.0843. The molecule has 4 nitrogen and oxygen atoms in total. The summed E-state index contributed by atoms with van der Waals surface area (Å²) >= 11 is 9.38. The number of benzene rings is 1. The molecule has 0 saturated carbocycles. The molecule has 1 heterocycles. The van der Waals surface area contributed by atoms with Gasteiger partial charge in [-0.05, 0) is 48.0 Å². The van der Waals surface area contributed by atoms with Gasteiger partial charge in [-0.2, -0.15) is 5.10 Å². The normalized spacial score (nSPS) is 10.7. The molecule has 1 aromatic heterocycles.